The highest BCUT2D eigenvalue weighted by molar-refractivity contribution is 7.89. The molecule has 0 radical (unpaired) electrons. The van der Waals surface area contributed by atoms with Gasteiger partial charge in [-0.1, -0.05) is 0 Å². The van der Waals surface area contributed by atoms with Crippen LogP contribution in [0.1, 0.15) is 18.6 Å². The molecule has 1 aliphatic heterocycles. The molecule has 0 atom stereocenters. The van der Waals surface area contributed by atoms with Crippen LogP contribution in [-0.2, 0) is 27.8 Å². The normalized spacial score (nSPS) is 15.5. The fourth-order valence-electron chi connectivity index (χ4n) is 2.60. The molecule has 0 spiro atoms. The summed E-state index contributed by atoms with van der Waals surface area (Å²) in [5.41, 5.74) is 0. The Labute approximate surface area is 147 Å². The Bertz CT molecular complexity index is 830. The molecule has 1 aliphatic rings. The average Bonchev–Trinajstić information content (AvgIpc) is 3.03. The van der Waals surface area contributed by atoms with Gasteiger partial charge in [0.1, 0.15) is 17.5 Å². The largest absolute Gasteiger partial charge is 0.378 e. The smallest absolute Gasteiger partial charge is 0.260 e. The summed E-state index contributed by atoms with van der Waals surface area (Å²) in [6.07, 6.45) is 3.17. The van der Waals surface area contributed by atoms with Gasteiger partial charge in [-0.3, -0.25) is 0 Å². The van der Waals surface area contributed by atoms with Gasteiger partial charge in [-0.15, -0.1) is 0 Å². The number of hydrogen-bond acceptors (Lipinski definition) is 7. The van der Waals surface area contributed by atoms with Crippen LogP contribution in [0.2, 0.25) is 0 Å². The lowest BCUT2D eigenvalue weighted by atomic mass is 10.4. The van der Waals surface area contributed by atoms with Crippen molar-refractivity contribution in [3.05, 3.63) is 30.1 Å². The van der Waals surface area contributed by atoms with Crippen LogP contribution in [0, 0.1) is 6.92 Å². The maximum absolute atomic E-state index is 12.4. The average molecular weight is 366 g/mol. The molecule has 1 saturated heterocycles. The van der Waals surface area contributed by atoms with E-state index >= 15 is 0 Å². The fraction of sp³-hybridized carbons (Fsp3) is 0.533. The Kier molecular flexibility index (Phi) is 5.30. The molecule has 136 valence electrons. The molecular formula is C15H22N6O3S. The predicted molar refractivity (Wildman–Crippen MR) is 91.7 cm³/mol. The molecule has 0 amide bonds. The maximum atomic E-state index is 12.4. The SMILES string of the molecule is CCn1cc(S(=O)(=O)NCc2nccc(N3CCOCC3)n2)nc1C. The van der Waals surface area contributed by atoms with Crippen molar-refractivity contribution in [3.8, 4) is 0 Å². The van der Waals surface area contributed by atoms with Crippen LogP contribution in [0.25, 0.3) is 0 Å². The zero-order chi connectivity index (χ0) is 17.9. The van der Waals surface area contributed by atoms with Crippen molar-refractivity contribution in [3.63, 3.8) is 0 Å². The summed E-state index contributed by atoms with van der Waals surface area (Å²) in [4.78, 5) is 14.8. The lowest BCUT2D eigenvalue weighted by molar-refractivity contribution is 0.122. The minimum atomic E-state index is -3.70. The second-order valence-corrected chi connectivity index (χ2v) is 7.38. The van der Waals surface area contributed by atoms with Crippen LogP contribution in [0.4, 0.5) is 5.82 Å². The first-order chi connectivity index (χ1) is 12.0. The zero-order valence-corrected chi connectivity index (χ0v) is 15.2. The number of morpholine rings is 1. The maximum Gasteiger partial charge on any atom is 0.260 e. The number of anilines is 1. The first-order valence-corrected chi connectivity index (χ1v) is 9.66. The molecule has 0 aliphatic carbocycles. The first kappa shape index (κ1) is 17.8. The van der Waals surface area contributed by atoms with Crippen molar-refractivity contribution < 1.29 is 13.2 Å². The third-order valence-corrected chi connectivity index (χ3v) is 5.29. The van der Waals surface area contributed by atoms with Crippen molar-refractivity contribution in [2.45, 2.75) is 32.0 Å². The lowest BCUT2D eigenvalue weighted by Crippen LogP contribution is -2.37. The highest BCUT2D eigenvalue weighted by atomic mass is 32.2. The van der Waals surface area contributed by atoms with Crippen molar-refractivity contribution in [2.75, 3.05) is 31.2 Å². The number of aromatic nitrogens is 4. The van der Waals surface area contributed by atoms with Gasteiger partial charge in [0.05, 0.1) is 19.8 Å². The zero-order valence-electron chi connectivity index (χ0n) is 14.3. The van der Waals surface area contributed by atoms with Gasteiger partial charge in [0.2, 0.25) is 0 Å². The van der Waals surface area contributed by atoms with Crippen LogP contribution < -0.4 is 9.62 Å². The number of imidazole rings is 1. The molecule has 25 heavy (non-hydrogen) atoms. The van der Waals surface area contributed by atoms with E-state index in [2.05, 4.69) is 24.6 Å². The predicted octanol–water partition coefficient (Wildman–Crippen LogP) is 0.317. The summed E-state index contributed by atoms with van der Waals surface area (Å²) >= 11 is 0. The number of rotatable bonds is 6. The monoisotopic (exact) mass is 366 g/mol. The minimum Gasteiger partial charge on any atom is -0.378 e. The van der Waals surface area contributed by atoms with Gasteiger partial charge in [-0.25, -0.2) is 28.1 Å². The van der Waals surface area contributed by atoms with E-state index in [1.807, 2.05) is 13.0 Å². The molecule has 1 N–H and O–H groups in total. The summed E-state index contributed by atoms with van der Waals surface area (Å²) in [6.45, 7) is 7.22. The van der Waals surface area contributed by atoms with E-state index in [4.69, 9.17) is 4.74 Å². The quantitative estimate of drug-likeness (QED) is 0.785. The van der Waals surface area contributed by atoms with Crippen LogP contribution in [0.5, 0.6) is 0 Å². The van der Waals surface area contributed by atoms with Gasteiger partial charge in [0.15, 0.2) is 5.03 Å². The number of sulfonamides is 1. The van der Waals surface area contributed by atoms with Gasteiger partial charge < -0.3 is 14.2 Å². The van der Waals surface area contributed by atoms with E-state index in [9.17, 15) is 8.42 Å². The summed E-state index contributed by atoms with van der Waals surface area (Å²) in [7, 11) is -3.70. The number of aryl methyl sites for hydroxylation is 2. The molecule has 2 aromatic rings. The van der Waals surface area contributed by atoms with Crippen LogP contribution in [0.3, 0.4) is 0 Å². The van der Waals surface area contributed by atoms with E-state index < -0.39 is 10.0 Å². The number of hydrogen-bond donors (Lipinski definition) is 1. The molecule has 0 bridgehead atoms. The van der Waals surface area contributed by atoms with E-state index in [0.717, 1.165) is 18.9 Å². The molecule has 2 aromatic heterocycles. The van der Waals surface area contributed by atoms with Crippen LogP contribution >= 0.6 is 0 Å². The fourth-order valence-corrected chi connectivity index (χ4v) is 3.59. The molecule has 1 fully saturated rings. The molecular weight excluding hydrogens is 344 g/mol. The third-order valence-electron chi connectivity index (χ3n) is 4.02. The highest BCUT2D eigenvalue weighted by Crippen LogP contribution is 2.13. The topological polar surface area (TPSA) is 102 Å². The van der Waals surface area contributed by atoms with Gasteiger partial charge in [0.25, 0.3) is 10.0 Å². The second kappa shape index (κ2) is 7.46. The molecule has 0 saturated carbocycles. The summed E-state index contributed by atoms with van der Waals surface area (Å²) in [6, 6.07) is 1.82. The van der Waals surface area contributed by atoms with Crippen LogP contribution in [-0.4, -0.2) is 54.2 Å². The van der Waals surface area contributed by atoms with Crippen molar-refractivity contribution in [1.29, 1.82) is 0 Å². The third kappa shape index (κ3) is 4.14. The van der Waals surface area contributed by atoms with Gasteiger partial charge in [-0.05, 0) is 19.9 Å². The van der Waals surface area contributed by atoms with E-state index in [1.165, 1.54) is 6.20 Å². The van der Waals surface area contributed by atoms with Gasteiger partial charge >= 0.3 is 0 Å². The molecule has 9 nitrogen and oxygen atoms in total. The Balaban J connectivity index is 1.70. The Morgan fingerprint density at radius 1 is 1.28 bits per heavy atom. The van der Waals surface area contributed by atoms with Crippen molar-refractivity contribution in [2.24, 2.45) is 0 Å². The van der Waals surface area contributed by atoms with E-state index in [-0.39, 0.29) is 11.6 Å². The van der Waals surface area contributed by atoms with Gasteiger partial charge in [0, 0.05) is 32.0 Å². The first-order valence-electron chi connectivity index (χ1n) is 8.17. The summed E-state index contributed by atoms with van der Waals surface area (Å²) in [5, 5.41) is 0.0104. The highest BCUT2D eigenvalue weighted by Gasteiger charge is 2.19. The molecule has 3 heterocycles. The van der Waals surface area contributed by atoms with Crippen molar-refractivity contribution in [1.82, 2.24) is 24.2 Å². The molecule has 0 unspecified atom stereocenters. The van der Waals surface area contributed by atoms with Crippen molar-refractivity contribution >= 4 is 15.8 Å². The summed E-state index contributed by atoms with van der Waals surface area (Å²) in [5.74, 6) is 1.85. The van der Waals surface area contributed by atoms with E-state index in [1.54, 1.807) is 17.7 Å². The second-order valence-electron chi connectivity index (χ2n) is 5.67. The molecule has 10 heteroatoms. The Hall–Kier alpha value is -2.04. The number of nitrogens with zero attached hydrogens (tertiary/aromatic N) is 5. The standard InChI is InChI=1S/C15H22N6O3S/c1-3-20-11-15(18-12(20)2)25(22,23)17-10-13-16-5-4-14(19-13)21-6-8-24-9-7-21/h4-5,11,17H,3,6-10H2,1-2H3. The Morgan fingerprint density at radius 2 is 2.04 bits per heavy atom. The van der Waals surface area contributed by atoms with E-state index in [0.29, 0.717) is 31.4 Å². The minimum absolute atomic E-state index is 0.0104. The van der Waals surface area contributed by atoms with Gasteiger partial charge in [-0.2, -0.15) is 0 Å². The number of ether oxygens (including phenoxy) is 1. The van der Waals surface area contributed by atoms with Crippen LogP contribution in [0.15, 0.2) is 23.5 Å². The lowest BCUT2D eigenvalue weighted by Gasteiger charge is -2.27. The molecule has 0 aromatic carbocycles. The number of nitrogens with one attached hydrogen (secondary N) is 1. The summed E-state index contributed by atoms with van der Waals surface area (Å²) < 4.78 is 34.4. The Morgan fingerprint density at radius 3 is 2.72 bits per heavy atom. The molecule has 3 rings (SSSR count).